The summed E-state index contributed by atoms with van der Waals surface area (Å²) in [6.07, 6.45) is 4.38. The number of carbonyl (C=O) groups excluding carboxylic acids is 1. The summed E-state index contributed by atoms with van der Waals surface area (Å²) in [4.78, 5) is 12.1. The molecule has 1 heterocycles. The topological polar surface area (TPSA) is 70.6 Å². The van der Waals surface area contributed by atoms with Gasteiger partial charge in [0.05, 0.1) is 0 Å². The minimum Gasteiger partial charge on any atom is -0.382 e. The van der Waals surface area contributed by atoms with Crippen LogP contribution in [0.1, 0.15) is 46.0 Å². The zero-order chi connectivity index (χ0) is 15.9. The van der Waals surface area contributed by atoms with Gasteiger partial charge in [-0.3, -0.25) is 4.79 Å². The fourth-order valence-electron chi connectivity index (χ4n) is 2.95. The molecule has 1 saturated heterocycles. The molecule has 1 saturated carbocycles. The van der Waals surface area contributed by atoms with Crippen LogP contribution in [0.5, 0.6) is 0 Å². The molecule has 5 nitrogen and oxygen atoms in total. The van der Waals surface area contributed by atoms with Crippen molar-refractivity contribution in [1.82, 2.24) is 10.6 Å². The van der Waals surface area contributed by atoms with E-state index in [1.807, 2.05) is 0 Å². The van der Waals surface area contributed by atoms with Crippen LogP contribution in [-0.4, -0.2) is 49.5 Å². The second-order valence-electron chi connectivity index (χ2n) is 7.33. The second kappa shape index (κ2) is 8.85. The zero-order valence-electron chi connectivity index (χ0n) is 14.0. The first-order valence-corrected chi connectivity index (χ1v) is 8.83. The maximum atomic E-state index is 12.1. The van der Waals surface area contributed by atoms with Crippen molar-refractivity contribution in [3.05, 3.63) is 0 Å². The highest BCUT2D eigenvalue weighted by Gasteiger charge is 2.29. The highest BCUT2D eigenvalue weighted by atomic mass is 16.5. The number of carbonyl (C=O) groups is 1. The Balaban J connectivity index is 1.78. The molecule has 1 aliphatic carbocycles. The molecular weight excluding hydrogens is 280 g/mol. The van der Waals surface area contributed by atoms with E-state index in [1.165, 1.54) is 12.8 Å². The van der Waals surface area contributed by atoms with Crippen molar-refractivity contribution < 1.29 is 14.6 Å². The average Bonchev–Trinajstić information content (AvgIpc) is 3.33. The van der Waals surface area contributed by atoms with Crippen LogP contribution in [-0.2, 0) is 9.53 Å². The molecule has 5 heteroatoms. The van der Waals surface area contributed by atoms with Gasteiger partial charge in [0, 0.05) is 25.8 Å². The molecule has 0 aromatic heterocycles. The fraction of sp³-hybridized carbons (Fsp3) is 0.941. The van der Waals surface area contributed by atoms with Crippen LogP contribution in [0.25, 0.3) is 0 Å². The van der Waals surface area contributed by atoms with E-state index < -0.39 is 6.10 Å². The smallest absolute Gasteiger partial charge is 0.250 e. The van der Waals surface area contributed by atoms with Gasteiger partial charge in [0.2, 0.25) is 5.91 Å². The van der Waals surface area contributed by atoms with E-state index in [-0.39, 0.29) is 11.9 Å². The standard InChI is InChI=1S/C17H32N2O3/c1-12(2)9-15(18-10-14-5-7-22-8-6-14)16(20)17(21)19-11-13-3-4-13/h12-16,18,20H,3-11H2,1-2H3,(H,19,21). The summed E-state index contributed by atoms with van der Waals surface area (Å²) >= 11 is 0. The first kappa shape index (κ1) is 17.7. The first-order chi connectivity index (χ1) is 10.6. The van der Waals surface area contributed by atoms with Crippen LogP contribution in [0.3, 0.4) is 0 Å². The Bertz CT molecular complexity index is 339. The Kier molecular flexibility index (Phi) is 7.12. The van der Waals surface area contributed by atoms with Gasteiger partial charge in [0.15, 0.2) is 0 Å². The third-order valence-electron chi connectivity index (χ3n) is 4.65. The van der Waals surface area contributed by atoms with Gasteiger partial charge >= 0.3 is 0 Å². The molecule has 2 unspecified atom stereocenters. The van der Waals surface area contributed by atoms with Gasteiger partial charge in [0.1, 0.15) is 6.10 Å². The number of ether oxygens (including phenoxy) is 1. The largest absolute Gasteiger partial charge is 0.382 e. The van der Waals surface area contributed by atoms with Crippen LogP contribution in [0.2, 0.25) is 0 Å². The molecule has 2 aliphatic rings. The molecule has 1 amide bonds. The van der Waals surface area contributed by atoms with Crippen molar-refractivity contribution in [2.75, 3.05) is 26.3 Å². The van der Waals surface area contributed by atoms with E-state index in [0.29, 0.717) is 24.3 Å². The predicted molar refractivity (Wildman–Crippen MR) is 86.5 cm³/mol. The zero-order valence-corrected chi connectivity index (χ0v) is 14.0. The van der Waals surface area contributed by atoms with Crippen molar-refractivity contribution in [3.63, 3.8) is 0 Å². The summed E-state index contributed by atoms with van der Waals surface area (Å²) in [6, 6.07) is -0.165. The van der Waals surface area contributed by atoms with Gasteiger partial charge in [-0.1, -0.05) is 13.8 Å². The van der Waals surface area contributed by atoms with Crippen LogP contribution < -0.4 is 10.6 Å². The van der Waals surface area contributed by atoms with Gasteiger partial charge in [-0.25, -0.2) is 0 Å². The van der Waals surface area contributed by atoms with Crippen molar-refractivity contribution in [1.29, 1.82) is 0 Å². The van der Waals surface area contributed by atoms with E-state index in [0.717, 1.165) is 39.0 Å². The van der Waals surface area contributed by atoms with Crippen molar-refractivity contribution in [3.8, 4) is 0 Å². The van der Waals surface area contributed by atoms with E-state index >= 15 is 0 Å². The fourth-order valence-corrected chi connectivity index (χ4v) is 2.95. The molecule has 1 aliphatic heterocycles. The van der Waals surface area contributed by atoms with Crippen molar-refractivity contribution in [2.24, 2.45) is 17.8 Å². The minimum atomic E-state index is -0.957. The van der Waals surface area contributed by atoms with Gasteiger partial charge in [0.25, 0.3) is 0 Å². The quantitative estimate of drug-likeness (QED) is 0.600. The van der Waals surface area contributed by atoms with Gasteiger partial charge in [-0.2, -0.15) is 0 Å². The molecule has 22 heavy (non-hydrogen) atoms. The summed E-state index contributed by atoms with van der Waals surface area (Å²) in [6.45, 7) is 7.46. The van der Waals surface area contributed by atoms with E-state index in [9.17, 15) is 9.90 Å². The number of aliphatic hydroxyl groups is 1. The molecule has 2 fully saturated rings. The van der Waals surface area contributed by atoms with E-state index in [1.54, 1.807) is 0 Å². The molecular formula is C17H32N2O3. The van der Waals surface area contributed by atoms with Gasteiger partial charge < -0.3 is 20.5 Å². The number of nitrogens with one attached hydrogen (secondary N) is 2. The van der Waals surface area contributed by atoms with Crippen LogP contribution in [0, 0.1) is 17.8 Å². The maximum Gasteiger partial charge on any atom is 0.250 e. The lowest BCUT2D eigenvalue weighted by Crippen LogP contribution is -2.51. The van der Waals surface area contributed by atoms with Gasteiger partial charge in [-0.05, 0) is 56.4 Å². The summed E-state index contributed by atoms with van der Waals surface area (Å²) in [5, 5.41) is 16.7. The Morgan fingerprint density at radius 3 is 2.36 bits per heavy atom. The van der Waals surface area contributed by atoms with E-state index in [2.05, 4.69) is 24.5 Å². The monoisotopic (exact) mass is 312 g/mol. The Morgan fingerprint density at radius 1 is 1.14 bits per heavy atom. The second-order valence-corrected chi connectivity index (χ2v) is 7.33. The lowest BCUT2D eigenvalue weighted by Gasteiger charge is -2.29. The van der Waals surface area contributed by atoms with Crippen molar-refractivity contribution >= 4 is 5.91 Å². The molecule has 0 spiro atoms. The summed E-state index contributed by atoms with van der Waals surface area (Å²) < 4.78 is 5.38. The molecule has 2 atom stereocenters. The molecule has 0 aromatic carbocycles. The number of amides is 1. The lowest BCUT2D eigenvalue weighted by atomic mass is 9.96. The third kappa shape index (κ3) is 6.23. The number of hydrogen-bond donors (Lipinski definition) is 3. The summed E-state index contributed by atoms with van der Waals surface area (Å²) in [5.41, 5.74) is 0. The predicted octanol–water partition coefficient (Wildman–Crippen LogP) is 1.30. The van der Waals surface area contributed by atoms with Gasteiger partial charge in [-0.15, -0.1) is 0 Å². The van der Waals surface area contributed by atoms with Crippen LogP contribution in [0.15, 0.2) is 0 Å². The average molecular weight is 312 g/mol. The number of hydrogen-bond acceptors (Lipinski definition) is 4. The Labute approximate surface area is 134 Å². The van der Waals surface area contributed by atoms with Crippen LogP contribution >= 0.6 is 0 Å². The Morgan fingerprint density at radius 2 is 1.77 bits per heavy atom. The molecule has 2 rings (SSSR count). The number of aliphatic hydroxyl groups excluding tert-OH is 1. The lowest BCUT2D eigenvalue weighted by molar-refractivity contribution is -0.131. The number of rotatable bonds is 9. The highest BCUT2D eigenvalue weighted by Crippen LogP contribution is 2.27. The molecule has 3 N–H and O–H groups in total. The third-order valence-corrected chi connectivity index (χ3v) is 4.65. The van der Waals surface area contributed by atoms with Crippen LogP contribution in [0.4, 0.5) is 0 Å². The first-order valence-electron chi connectivity index (χ1n) is 8.83. The maximum absolute atomic E-state index is 12.1. The highest BCUT2D eigenvalue weighted by molar-refractivity contribution is 5.81. The SMILES string of the molecule is CC(C)CC(NCC1CCOCC1)C(O)C(=O)NCC1CC1. The minimum absolute atomic E-state index is 0.165. The molecule has 0 aromatic rings. The molecule has 0 radical (unpaired) electrons. The molecule has 0 bridgehead atoms. The summed E-state index contributed by atoms with van der Waals surface area (Å²) in [7, 11) is 0. The van der Waals surface area contributed by atoms with E-state index in [4.69, 9.17) is 4.74 Å². The Hall–Kier alpha value is -0.650. The normalized spacial score (nSPS) is 22.5. The molecule has 128 valence electrons. The van der Waals surface area contributed by atoms with Crippen molar-refractivity contribution in [2.45, 2.75) is 58.1 Å². The summed E-state index contributed by atoms with van der Waals surface area (Å²) in [5.74, 6) is 1.44.